The van der Waals surface area contributed by atoms with Crippen LogP contribution in [0.2, 0.25) is 0 Å². The van der Waals surface area contributed by atoms with Gasteiger partial charge in [0.25, 0.3) is 0 Å². The average molecular weight is 827 g/mol. The first-order valence-corrected chi connectivity index (χ1v) is 22.3. The molecule has 0 N–H and O–H groups in total. The third kappa shape index (κ3) is 6.67. The van der Waals surface area contributed by atoms with Crippen LogP contribution in [0, 0.1) is 0 Å². The zero-order valence-electron chi connectivity index (χ0n) is 35.6. The lowest BCUT2D eigenvalue weighted by Gasteiger charge is -2.34. The van der Waals surface area contributed by atoms with Crippen LogP contribution in [0.25, 0.3) is 89.2 Å². The van der Waals surface area contributed by atoms with Crippen molar-refractivity contribution in [3.8, 4) is 78.4 Å². The van der Waals surface area contributed by atoms with E-state index in [0.29, 0.717) is 5.82 Å². The number of fused-ring (bicyclic) bond motifs is 4. The minimum absolute atomic E-state index is 0.508. The molecule has 304 valence electrons. The molecule has 1 aliphatic carbocycles. The van der Waals surface area contributed by atoms with Gasteiger partial charge >= 0.3 is 0 Å². The Bertz CT molecular complexity index is 3410. The van der Waals surface area contributed by atoms with Crippen LogP contribution in [0.5, 0.6) is 0 Å². The van der Waals surface area contributed by atoms with Gasteiger partial charge in [0.1, 0.15) is 0 Å². The van der Waals surface area contributed by atoms with E-state index in [1.807, 2.05) is 12.1 Å². The van der Waals surface area contributed by atoms with E-state index in [1.54, 1.807) is 0 Å². The minimum atomic E-state index is -0.508. The van der Waals surface area contributed by atoms with Crippen LogP contribution in [0.15, 0.2) is 255 Å². The largest absolute Gasteiger partial charge is 0.228 e. The molecule has 11 aromatic rings. The van der Waals surface area contributed by atoms with Crippen molar-refractivity contribution in [2.24, 2.45) is 0 Å². The summed E-state index contributed by atoms with van der Waals surface area (Å²) in [7, 11) is 0. The van der Waals surface area contributed by atoms with Crippen LogP contribution in [0.3, 0.4) is 0 Å². The second-order valence-electron chi connectivity index (χ2n) is 16.9. The van der Waals surface area contributed by atoms with Crippen molar-refractivity contribution < 1.29 is 0 Å². The molecule has 0 bridgehead atoms. The molecule has 12 rings (SSSR count). The minimum Gasteiger partial charge on any atom is -0.228 e. The van der Waals surface area contributed by atoms with Gasteiger partial charge in [-0.2, -0.15) is 0 Å². The van der Waals surface area contributed by atoms with Crippen molar-refractivity contribution in [3.05, 3.63) is 277 Å². The first-order chi connectivity index (χ1) is 32.2. The zero-order valence-corrected chi connectivity index (χ0v) is 35.6. The predicted molar refractivity (Wildman–Crippen MR) is 269 cm³/mol. The molecule has 0 atom stereocenters. The van der Waals surface area contributed by atoms with Gasteiger partial charge in [-0.25, -0.2) is 9.97 Å². The summed E-state index contributed by atoms with van der Waals surface area (Å²) >= 11 is 0. The summed E-state index contributed by atoms with van der Waals surface area (Å²) in [6, 6.07) is 92.2. The lowest BCUT2D eigenvalue weighted by Crippen LogP contribution is -2.28. The van der Waals surface area contributed by atoms with E-state index in [2.05, 4.69) is 243 Å². The van der Waals surface area contributed by atoms with E-state index < -0.39 is 5.41 Å². The molecular formula is C63H42N2. The maximum Gasteiger partial charge on any atom is 0.160 e. The van der Waals surface area contributed by atoms with Gasteiger partial charge in [-0.05, 0) is 108 Å². The smallest absolute Gasteiger partial charge is 0.160 e. The predicted octanol–water partition coefficient (Wildman–Crippen LogP) is 16.0. The van der Waals surface area contributed by atoms with Gasteiger partial charge in [-0.1, -0.05) is 224 Å². The van der Waals surface area contributed by atoms with Crippen LogP contribution in [0.1, 0.15) is 22.3 Å². The van der Waals surface area contributed by atoms with E-state index in [1.165, 1.54) is 60.8 Å². The zero-order chi connectivity index (χ0) is 43.2. The molecule has 0 spiro atoms. The van der Waals surface area contributed by atoms with Crippen molar-refractivity contribution in [1.29, 1.82) is 0 Å². The molecular weight excluding hydrogens is 785 g/mol. The Morgan fingerprint density at radius 3 is 1.42 bits per heavy atom. The van der Waals surface area contributed by atoms with Gasteiger partial charge in [-0.15, -0.1) is 0 Å². The molecule has 0 saturated carbocycles. The molecule has 0 unspecified atom stereocenters. The fourth-order valence-electron chi connectivity index (χ4n) is 10.1. The van der Waals surface area contributed by atoms with Crippen LogP contribution in [-0.4, -0.2) is 9.97 Å². The quantitative estimate of drug-likeness (QED) is 0.152. The summed E-state index contributed by atoms with van der Waals surface area (Å²) in [6.45, 7) is 0. The van der Waals surface area contributed by atoms with Gasteiger partial charge in [-0.3, -0.25) is 0 Å². The SMILES string of the molecule is c1ccc(-c2cc(-c3ccccc3)nc(-c3cccc(-c4ccc(-c5cc6c(cc5-c5ccc7ccccc7c5)-c5ccccc5C6(c5ccccc5)c5ccccc5)cc4)c3)n2)cc1. The van der Waals surface area contributed by atoms with E-state index in [-0.39, 0.29) is 0 Å². The highest BCUT2D eigenvalue weighted by molar-refractivity contribution is 5.97. The van der Waals surface area contributed by atoms with Gasteiger partial charge in [0.15, 0.2) is 5.82 Å². The standard InChI is InChI=1S/C63H42N2/c1-5-19-46(20-6-1)60-42-61(47-21-7-2-8-22-47)65-62(64-60)51-25-17-24-49(39-51)44-32-35-45(36-33-44)56-41-59-57(40-55(56)50-37-34-43-18-13-14-23-48(43)38-50)54-30-15-16-31-58(54)63(59,52-26-9-3-10-27-52)53-28-11-4-12-29-53/h1-42H. The second-order valence-corrected chi connectivity index (χ2v) is 16.9. The van der Waals surface area contributed by atoms with Crippen LogP contribution in [-0.2, 0) is 5.41 Å². The third-order valence-corrected chi connectivity index (χ3v) is 13.2. The highest BCUT2D eigenvalue weighted by atomic mass is 14.9. The molecule has 1 aromatic heterocycles. The summed E-state index contributed by atoms with van der Waals surface area (Å²) < 4.78 is 0. The third-order valence-electron chi connectivity index (χ3n) is 13.2. The van der Waals surface area contributed by atoms with Crippen molar-refractivity contribution in [1.82, 2.24) is 9.97 Å². The Labute approximate surface area is 379 Å². The normalized spacial score (nSPS) is 12.4. The fraction of sp³-hybridized carbons (Fsp3) is 0.0159. The topological polar surface area (TPSA) is 25.8 Å². The van der Waals surface area contributed by atoms with Crippen molar-refractivity contribution in [2.45, 2.75) is 5.41 Å². The molecule has 2 nitrogen and oxygen atoms in total. The maximum absolute atomic E-state index is 5.13. The molecule has 2 heteroatoms. The van der Waals surface area contributed by atoms with Crippen LogP contribution < -0.4 is 0 Å². The second kappa shape index (κ2) is 16.0. The van der Waals surface area contributed by atoms with E-state index >= 15 is 0 Å². The number of benzene rings is 10. The molecule has 1 aliphatic rings. The van der Waals surface area contributed by atoms with Crippen molar-refractivity contribution >= 4 is 10.8 Å². The van der Waals surface area contributed by atoms with Gasteiger partial charge in [0.2, 0.25) is 0 Å². The Kier molecular flexibility index (Phi) is 9.43. The molecule has 1 heterocycles. The fourth-order valence-corrected chi connectivity index (χ4v) is 10.1. The van der Waals surface area contributed by atoms with Gasteiger partial charge < -0.3 is 0 Å². The molecule has 0 amide bonds. The number of hydrogen-bond acceptors (Lipinski definition) is 2. The monoisotopic (exact) mass is 826 g/mol. The van der Waals surface area contributed by atoms with Gasteiger partial charge in [0.05, 0.1) is 16.8 Å². The van der Waals surface area contributed by atoms with Crippen molar-refractivity contribution in [3.63, 3.8) is 0 Å². The van der Waals surface area contributed by atoms with Gasteiger partial charge in [0, 0.05) is 16.7 Å². The lowest BCUT2D eigenvalue weighted by atomic mass is 9.67. The molecule has 10 aromatic carbocycles. The highest BCUT2D eigenvalue weighted by Gasteiger charge is 2.46. The Hall–Kier alpha value is -8.46. The van der Waals surface area contributed by atoms with Crippen LogP contribution in [0.4, 0.5) is 0 Å². The maximum atomic E-state index is 5.13. The van der Waals surface area contributed by atoms with E-state index in [0.717, 1.165) is 44.8 Å². The molecule has 0 fully saturated rings. The summed E-state index contributed by atoms with van der Waals surface area (Å²) in [5, 5.41) is 2.46. The first kappa shape index (κ1) is 38.2. The van der Waals surface area contributed by atoms with E-state index in [9.17, 15) is 0 Å². The highest BCUT2D eigenvalue weighted by Crippen LogP contribution is 2.58. The number of rotatable bonds is 8. The molecule has 0 radical (unpaired) electrons. The summed E-state index contributed by atoms with van der Waals surface area (Å²) in [5.41, 5.74) is 19.0. The van der Waals surface area contributed by atoms with Crippen LogP contribution >= 0.6 is 0 Å². The molecule has 65 heavy (non-hydrogen) atoms. The summed E-state index contributed by atoms with van der Waals surface area (Å²) in [6.07, 6.45) is 0. The van der Waals surface area contributed by atoms with Crippen molar-refractivity contribution in [2.75, 3.05) is 0 Å². The molecule has 0 saturated heterocycles. The lowest BCUT2D eigenvalue weighted by molar-refractivity contribution is 0.769. The number of aromatic nitrogens is 2. The summed E-state index contributed by atoms with van der Waals surface area (Å²) in [5.74, 6) is 0.697. The molecule has 0 aliphatic heterocycles. The summed E-state index contributed by atoms with van der Waals surface area (Å²) in [4.78, 5) is 10.3. The first-order valence-electron chi connectivity index (χ1n) is 22.3. The Morgan fingerprint density at radius 2 is 0.754 bits per heavy atom. The Balaban J connectivity index is 1.02. The number of nitrogens with zero attached hydrogens (tertiary/aromatic N) is 2. The Morgan fingerprint density at radius 1 is 0.246 bits per heavy atom. The number of hydrogen-bond donors (Lipinski definition) is 0. The van der Waals surface area contributed by atoms with E-state index in [4.69, 9.17) is 9.97 Å². The average Bonchev–Trinajstić information content (AvgIpc) is 3.69.